The fraction of sp³-hybridized carbons (Fsp3) is 0.565. The van der Waals surface area contributed by atoms with Gasteiger partial charge in [-0.15, -0.1) is 11.3 Å². The molecule has 7 heteroatoms. The summed E-state index contributed by atoms with van der Waals surface area (Å²) in [5.74, 6) is 0.317. The number of aromatic nitrogens is 1. The highest BCUT2D eigenvalue weighted by atomic mass is 79.9. The molecule has 5 nitrogen and oxygen atoms in total. The number of rotatable bonds is 6. The molecule has 2 aliphatic heterocycles. The maximum atomic E-state index is 13.0. The molecule has 0 saturated carbocycles. The van der Waals surface area contributed by atoms with E-state index in [4.69, 9.17) is 4.74 Å². The Labute approximate surface area is 191 Å². The molecule has 0 aliphatic carbocycles. The molecule has 30 heavy (non-hydrogen) atoms. The molecule has 1 amide bonds. The first kappa shape index (κ1) is 21.9. The van der Waals surface area contributed by atoms with Gasteiger partial charge in [-0.1, -0.05) is 28.1 Å². The van der Waals surface area contributed by atoms with Crippen LogP contribution in [-0.4, -0.2) is 48.6 Å². The summed E-state index contributed by atoms with van der Waals surface area (Å²) in [6, 6.07) is 8.50. The van der Waals surface area contributed by atoms with Gasteiger partial charge in [0.05, 0.1) is 10.7 Å². The Kier molecular flexibility index (Phi) is 7.24. The summed E-state index contributed by atoms with van der Waals surface area (Å²) in [5.41, 5.74) is 2.39. The van der Waals surface area contributed by atoms with Crippen molar-refractivity contribution in [2.75, 3.05) is 32.8 Å². The van der Waals surface area contributed by atoms with Gasteiger partial charge in [0.15, 0.2) is 0 Å². The van der Waals surface area contributed by atoms with Gasteiger partial charge in [0.25, 0.3) is 0 Å². The molecule has 0 atom stereocenters. The summed E-state index contributed by atoms with van der Waals surface area (Å²) < 4.78 is 6.71. The number of halogens is 1. The second-order valence-electron chi connectivity index (χ2n) is 8.53. The van der Waals surface area contributed by atoms with Crippen LogP contribution in [0.1, 0.15) is 41.9 Å². The second kappa shape index (κ2) is 9.90. The average Bonchev–Trinajstić information content (AvgIpc) is 3.18. The molecule has 1 aromatic heterocycles. The Bertz CT molecular complexity index is 858. The molecule has 1 N–H and O–H groups in total. The van der Waals surface area contributed by atoms with Crippen LogP contribution >= 0.6 is 27.3 Å². The van der Waals surface area contributed by atoms with Crippen LogP contribution in [-0.2, 0) is 21.5 Å². The second-order valence-corrected chi connectivity index (χ2v) is 10.5. The molecule has 2 fully saturated rings. The molecular weight excluding hydrogens is 462 g/mol. The number of ether oxygens (including phenoxy) is 1. The average molecular weight is 492 g/mol. The van der Waals surface area contributed by atoms with E-state index in [1.165, 1.54) is 5.56 Å². The molecule has 0 spiro atoms. The van der Waals surface area contributed by atoms with Crippen LogP contribution in [0.15, 0.2) is 34.1 Å². The predicted octanol–water partition coefficient (Wildman–Crippen LogP) is 4.29. The van der Waals surface area contributed by atoms with Crippen molar-refractivity contribution in [2.45, 2.75) is 44.6 Å². The van der Waals surface area contributed by atoms with Crippen molar-refractivity contribution in [1.29, 1.82) is 0 Å². The van der Waals surface area contributed by atoms with Crippen LogP contribution in [0.4, 0.5) is 0 Å². The Morgan fingerprint density at radius 3 is 2.77 bits per heavy atom. The van der Waals surface area contributed by atoms with Gasteiger partial charge in [0, 0.05) is 47.5 Å². The number of nitrogens with one attached hydrogen (secondary N) is 1. The standard InChI is InChI=1S/C23H30BrN3O2S/c1-17-26-21(15-30-17)14-27-9-5-18(6-10-27)22(28)25-16-23(7-11-29-12-8-23)19-3-2-4-20(24)13-19/h2-4,13,15,18H,5-12,14,16H2,1H3,(H,25,28). The van der Waals surface area contributed by atoms with E-state index in [0.717, 1.165) is 73.7 Å². The summed E-state index contributed by atoms with van der Waals surface area (Å²) in [6.07, 6.45) is 3.72. The van der Waals surface area contributed by atoms with Gasteiger partial charge in [-0.05, 0) is 63.4 Å². The molecular formula is C23H30BrN3O2S. The molecule has 162 valence electrons. The lowest BCUT2D eigenvalue weighted by molar-refractivity contribution is -0.127. The van der Waals surface area contributed by atoms with Crippen LogP contribution in [0.3, 0.4) is 0 Å². The van der Waals surface area contributed by atoms with E-state index in [-0.39, 0.29) is 17.2 Å². The lowest BCUT2D eigenvalue weighted by atomic mass is 9.74. The van der Waals surface area contributed by atoms with Gasteiger partial charge >= 0.3 is 0 Å². The first-order valence-corrected chi connectivity index (χ1v) is 12.5. The zero-order valence-corrected chi connectivity index (χ0v) is 19.9. The Morgan fingerprint density at radius 1 is 1.33 bits per heavy atom. The summed E-state index contributed by atoms with van der Waals surface area (Å²) in [6.45, 7) is 7.03. The van der Waals surface area contributed by atoms with Crippen LogP contribution in [0, 0.1) is 12.8 Å². The molecule has 0 radical (unpaired) electrons. The number of likely N-dealkylation sites (tertiary alicyclic amines) is 1. The van der Waals surface area contributed by atoms with E-state index in [1.807, 2.05) is 6.92 Å². The quantitative estimate of drug-likeness (QED) is 0.654. The van der Waals surface area contributed by atoms with Crippen LogP contribution in [0.25, 0.3) is 0 Å². The van der Waals surface area contributed by atoms with Crippen molar-refractivity contribution in [3.8, 4) is 0 Å². The maximum absolute atomic E-state index is 13.0. The first-order valence-electron chi connectivity index (χ1n) is 10.8. The minimum absolute atomic E-state index is 0.0408. The number of amides is 1. The maximum Gasteiger partial charge on any atom is 0.223 e. The zero-order chi connectivity index (χ0) is 21.0. The fourth-order valence-corrected chi connectivity index (χ4v) is 5.61. The molecule has 2 aliphatic rings. The highest BCUT2D eigenvalue weighted by Crippen LogP contribution is 2.35. The number of carbonyl (C=O) groups is 1. The number of carbonyl (C=O) groups excluding carboxylic acids is 1. The smallest absolute Gasteiger partial charge is 0.223 e. The van der Waals surface area contributed by atoms with Gasteiger partial charge in [-0.2, -0.15) is 0 Å². The van der Waals surface area contributed by atoms with Crippen molar-refractivity contribution < 1.29 is 9.53 Å². The Morgan fingerprint density at radius 2 is 2.10 bits per heavy atom. The fourth-order valence-electron chi connectivity index (χ4n) is 4.61. The number of piperidine rings is 1. The van der Waals surface area contributed by atoms with E-state index in [1.54, 1.807) is 11.3 Å². The molecule has 2 saturated heterocycles. The zero-order valence-electron chi connectivity index (χ0n) is 17.5. The largest absolute Gasteiger partial charge is 0.381 e. The third kappa shape index (κ3) is 5.31. The minimum Gasteiger partial charge on any atom is -0.381 e. The summed E-state index contributed by atoms with van der Waals surface area (Å²) in [4.78, 5) is 20.0. The van der Waals surface area contributed by atoms with Crippen molar-refractivity contribution in [2.24, 2.45) is 5.92 Å². The number of hydrogen-bond donors (Lipinski definition) is 1. The van der Waals surface area contributed by atoms with Crippen molar-refractivity contribution in [3.05, 3.63) is 50.4 Å². The van der Waals surface area contributed by atoms with Gasteiger partial charge in [0.1, 0.15) is 0 Å². The van der Waals surface area contributed by atoms with E-state index in [9.17, 15) is 4.79 Å². The highest BCUT2D eigenvalue weighted by Gasteiger charge is 2.36. The molecule has 3 heterocycles. The number of thiazole rings is 1. The molecule has 0 bridgehead atoms. The van der Waals surface area contributed by atoms with E-state index in [2.05, 4.69) is 60.8 Å². The number of aryl methyl sites for hydroxylation is 1. The van der Waals surface area contributed by atoms with Crippen LogP contribution in [0.2, 0.25) is 0 Å². The normalized spacial score (nSPS) is 20.2. The SMILES string of the molecule is Cc1nc(CN2CCC(C(=O)NCC3(c4cccc(Br)c4)CCOCC3)CC2)cs1. The van der Waals surface area contributed by atoms with Crippen LogP contribution < -0.4 is 5.32 Å². The minimum atomic E-state index is -0.0408. The van der Waals surface area contributed by atoms with E-state index in [0.29, 0.717) is 6.54 Å². The summed E-state index contributed by atoms with van der Waals surface area (Å²) in [5, 5.41) is 6.57. The van der Waals surface area contributed by atoms with Gasteiger partial charge in [-0.25, -0.2) is 4.98 Å². The van der Waals surface area contributed by atoms with Gasteiger partial charge in [0.2, 0.25) is 5.91 Å². The van der Waals surface area contributed by atoms with Crippen molar-refractivity contribution in [1.82, 2.24) is 15.2 Å². The van der Waals surface area contributed by atoms with E-state index < -0.39 is 0 Å². The number of benzene rings is 1. The van der Waals surface area contributed by atoms with Crippen molar-refractivity contribution >= 4 is 33.2 Å². The monoisotopic (exact) mass is 491 g/mol. The van der Waals surface area contributed by atoms with Gasteiger partial charge < -0.3 is 10.1 Å². The first-order chi connectivity index (χ1) is 14.5. The number of hydrogen-bond acceptors (Lipinski definition) is 5. The predicted molar refractivity (Wildman–Crippen MR) is 124 cm³/mol. The molecule has 1 aromatic carbocycles. The molecule has 4 rings (SSSR count). The third-order valence-corrected chi connectivity index (χ3v) is 7.81. The third-order valence-electron chi connectivity index (χ3n) is 6.50. The van der Waals surface area contributed by atoms with Crippen molar-refractivity contribution in [3.63, 3.8) is 0 Å². The lowest BCUT2D eigenvalue weighted by Gasteiger charge is -2.39. The molecule has 2 aromatic rings. The van der Waals surface area contributed by atoms with Gasteiger partial charge in [-0.3, -0.25) is 9.69 Å². The Balaban J connectivity index is 1.32. The van der Waals surface area contributed by atoms with E-state index >= 15 is 0 Å². The molecule has 0 unspecified atom stereocenters. The van der Waals surface area contributed by atoms with Crippen LogP contribution in [0.5, 0.6) is 0 Å². The topological polar surface area (TPSA) is 54.5 Å². The summed E-state index contributed by atoms with van der Waals surface area (Å²) in [7, 11) is 0. The lowest BCUT2D eigenvalue weighted by Crippen LogP contribution is -2.47. The number of nitrogens with zero attached hydrogens (tertiary/aromatic N) is 2. The Hall–Kier alpha value is -1.28. The summed E-state index contributed by atoms with van der Waals surface area (Å²) >= 11 is 5.30. The highest BCUT2D eigenvalue weighted by molar-refractivity contribution is 9.10.